The van der Waals surface area contributed by atoms with E-state index in [4.69, 9.17) is 0 Å². The number of pyridine rings is 1. The fourth-order valence-corrected chi connectivity index (χ4v) is 2.49. The van der Waals surface area contributed by atoms with Gasteiger partial charge < -0.3 is 10.3 Å². The van der Waals surface area contributed by atoms with Gasteiger partial charge in [0.1, 0.15) is 5.56 Å². The van der Waals surface area contributed by atoms with Gasteiger partial charge in [-0.05, 0) is 35.7 Å². The van der Waals surface area contributed by atoms with Crippen LogP contribution in [0.2, 0.25) is 0 Å². The number of carbonyl (C=O) groups is 1. The van der Waals surface area contributed by atoms with Crippen molar-refractivity contribution in [3.63, 3.8) is 0 Å². The van der Waals surface area contributed by atoms with Gasteiger partial charge in [0.15, 0.2) is 0 Å². The highest BCUT2D eigenvalue weighted by molar-refractivity contribution is 6.05. The summed E-state index contributed by atoms with van der Waals surface area (Å²) >= 11 is 0. The van der Waals surface area contributed by atoms with Crippen molar-refractivity contribution in [2.75, 3.05) is 5.32 Å². The molecule has 0 bridgehead atoms. The van der Waals surface area contributed by atoms with E-state index in [1.54, 1.807) is 12.1 Å². The molecule has 0 aliphatic heterocycles. The number of hydrogen-bond donors (Lipinski definition) is 2. The number of anilines is 1. The van der Waals surface area contributed by atoms with E-state index >= 15 is 0 Å². The summed E-state index contributed by atoms with van der Waals surface area (Å²) in [6, 6.07) is 14.8. The number of para-hydroxylation sites is 1. The van der Waals surface area contributed by atoms with Crippen molar-refractivity contribution >= 4 is 22.5 Å². The first-order valence-corrected chi connectivity index (χ1v) is 7.58. The van der Waals surface area contributed by atoms with Gasteiger partial charge in [-0.1, -0.05) is 38.1 Å². The van der Waals surface area contributed by atoms with Crippen LogP contribution in [0, 0.1) is 0 Å². The molecule has 0 radical (unpaired) electrons. The third-order valence-corrected chi connectivity index (χ3v) is 3.87. The third-order valence-electron chi connectivity index (χ3n) is 3.87. The van der Waals surface area contributed by atoms with Gasteiger partial charge in [-0.2, -0.15) is 0 Å². The van der Waals surface area contributed by atoms with Crippen molar-refractivity contribution in [2.24, 2.45) is 0 Å². The Labute approximate surface area is 134 Å². The smallest absolute Gasteiger partial charge is 0.261 e. The Morgan fingerprint density at radius 2 is 1.74 bits per heavy atom. The predicted octanol–water partition coefficient (Wildman–Crippen LogP) is 3.90. The molecule has 0 fully saturated rings. The summed E-state index contributed by atoms with van der Waals surface area (Å²) in [5.74, 6) is 0.0254. The van der Waals surface area contributed by atoms with E-state index in [1.165, 1.54) is 11.8 Å². The number of nitrogens with one attached hydrogen (secondary N) is 2. The van der Waals surface area contributed by atoms with E-state index in [0.717, 1.165) is 5.52 Å². The second kappa shape index (κ2) is 6.08. The number of aromatic nitrogens is 1. The van der Waals surface area contributed by atoms with Crippen molar-refractivity contribution in [3.05, 3.63) is 76.1 Å². The minimum atomic E-state index is -0.408. The lowest BCUT2D eigenvalue weighted by Gasteiger charge is -2.08. The number of rotatable bonds is 3. The third kappa shape index (κ3) is 3.01. The Hall–Kier alpha value is -2.88. The zero-order valence-electron chi connectivity index (χ0n) is 13.1. The van der Waals surface area contributed by atoms with Crippen LogP contribution in [0.3, 0.4) is 0 Å². The lowest BCUT2D eigenvalue weighted by molar-refractivity contribution is 0.102. The number of amides is 1. The summed E-state index contributed by atoms with van der Waals surface area (Å²) in [5.41, 5.74) is 2.43. The van der Waals surface area contributed by atoms with E-state index < -0.39 is 5.91 Å². The average Bonchev–Trinajstić information content (AvgIpc) is 2.56. The van der Waals surface area contributed by atoms with Crippen LogP contribution in [0.25, 0.3) is 10.9 Å². The molecule has 1 aromatic heterocycles. The Bertz CT molecular complexity index is 909. The lowest BCUT2D eigenvalue weighted by atomic mass is 10.0. The molecule has 1 heterocycles. The van der Waals surface area contributed by atoms with Crippen LogP contribution in [0.15, 0.2) is 59.5 Å². The van der Waals surface area contributed by atoms with E-state index in [2.05, 4.69) is 24.1 Å². The molecule has 3 rings (SSSR count). The van der Waals surface area contributed by atoms with Gasteiger partial charge >= 0.3 is 0 Å². The van der Waals surface area contributed by atoms with Crippen molar-refractivity contribution in [2.45, 2.75) is 19.8 Å². The van der Waals surface area contributed by atoms with Gasteiger partial charge in [0, 0.05) is 22.8 Å². The van der Waals surface area contributed by atoms with E-state index in [-0.39, 0.29) is 11.0 Å². The molecular formula is C19H18N2O2. The summed E-state index contributed by atoms with van der Waals surface area (Å²) in [4.78, 5) is 27.8. The van der Waals surface area contributed by atoms with E-state index in [0.29, 0.717) is 17.0 Å². The van der Waals surface area contributed by atoms with Crippen LogP contribution in [-0.2, 0) is 0 Å². The largest absolute Gasteiger partial charge is 0.360 e. The molecule has 0 atom stereocenters. The summed E-state index contributed by atoms with van der Waals surface area (Å²) in [6.07, 6.45) is 1.46. The highest BCUT2D eigenvalue weighted by atomic mass is 16.2. The number of H-pyrrole nitrogens is 1. The highest BCUT2D eigenvalue weighted by Crippen LogP contribution is 2.17. The monoisotopic (exact) mass is 306 g/mol. The molecule has 0 saturated heterocycles. The summed E-state index contributed by atoms with van der Waals surface area (Å²) in [6.45, 7) is 4.23. The standard InChI is InChI=1S/C19H18N2O2/c1-12(2)13-7-9-14(10-8-13)21-19(23)16-11-20-17-6-4-3-5-15(17)18(16)22/h3-12H,1-2H3,(H,20,22)(H,21,23). The second-order valence-electron chi connectivity index (χ2n) is 5.81. The van der Waals surface area contributed by atoms with Gasteiger partial charge in [-0.15, -0.1) is 0 Å². The van der Waals surface area contributed by atoms with Gasteiger partial charge in [0.05, 0.1) is 0 Å². The molecule has 0 aliphatic rings. The van der Waals surface area contributed by atoms with Crippen LogP contribution in [0.1, 0.15) is 35.7 Å². The molecule has 0 aliphatic carbocycles. The van der Waals surface area contributed by atoms with Crippen molar-refractivity contribution in [3.8, 4) is 0 Å². The molecule has 2 aromatic carbocycles. The zero-order valence-corrected chi connectivity index (χ0v) is 13.1. The molecule has 2 N–H and O–H groups in total. The highest BCUT2D eigenvalue weighted by Gasteiger charge is 2.13. The molecule has 0 saturated carbocycles. The summed E-state index contributed by atoms with van der Waals surface area (Å²) in [7, 11) is 0. The molecule has 3 aromatic rings. The second-order valence-corrected chi connectivity index (χ2v) is 5.81. The lowest BCUT2D eigenvalue weighted by Crippen LogP contribution is -2.21. The fraction of sp³-hybridized carbons (Fsp3) is 0.158. The first-order chi connectivity index (χ1) is 11.1. The number of hydrogen-bond acceptors (Lipinski definition) is 2. The predicted molar refractivity (Wildman–Crippen MR) is 93.1 cm³/mol. The van der Waals surface area contributed by atoms with Crippen molar-refractivity contribution in [1.29, 1.82) is 0 Å². The summed E-state index contributed by atoms with van der Waals surface area (Å²) < 4.78 is 0. The van der Waals surface area contributed by atoms with Crippen LogP contribution in [-0.4, -0.2) is 10.9 Å². The van der Waals surface area contributed by atoms with E-state index in [9.17, 15) is 9.59 Å². The molecule has 4 heteroatoms. The Morgan fingerprint density at radius 3 is 2.43 bits per heavy atom. The Kier molecular flexibility index (Phi) is 3.98. The zero-order chi connectivity index (χ0) is 16.4. The van der Waals surface area contributed by atoms with Crippen LogP contribution in [0.5, 0.6) is 0 Å². The van der Waals surface area contributed by atoms with Gasteiger partial charge in [0.2, 0.25) is 5.43 Å². The number of fused-ring (bicyclic) bond motifs is 1. The quantitative estimate of drug-likeness (QED) is 0.771. The van der Waals surface area contributed by atoms with Gasteiger partial charge in [0.25, 0.3) is 5.91 Å². The molecular weight excluding hydrogens is 288 g/mol. The minimum Gasteiger partial charge on any atom is -0.360 e. The maximum absolute atomic E-state index is 12.4. The molecule has 116 valence electrons. The summed E-state index contributed by atoms with van der Waals surface area (Å²) in [5, 5.41) is 3.28. The number of aromatic amines is 1. The first kappa shape index (κ1) is 15.0. The molecule has 0 unspecified atom stereocenters. The maximum Gasteiger partial charge on any atom is 0.261 e. The topological polar surface area (TPSA) is 62.0 Å². The van der Waals surface area contributed by atoms with Crippen molar-refractivity contribution < 1.29 is 4.79 Å². The van der Waals surface area contributed by atoms with Crippen LogP contribution in [0.4, 0.5) is 5.69 Å². The number of carbonyl (C=O) groups excluding carboxylic acids is 1. The number of benzene rings is 2. The van der Waals surface area contributed by atoms with E-state index in [1.807, 2.05) is 36.4 Å². The van der Waals surface area contributed by atoms with Crippen molar-refractivity contribution in [1.82, 2.24) is 4.98 Å². The Balaban J connectivity index is 1.89. The van der Waals surface area contributed by atoms with Crippen LogP contribution >= 0.6 is 0 Å². The first-order valence-electron chi connectivity index (χ1n) is 7.58. The van der Waals surface area contributed by atoms with Gasteiger partial charge in [-0.3, -0.25) is 9.59 Å². The molecule has 0 spiro atoms. The fourth-order valence-electron chi connectivity index (χ4n) is 2.49. The molecule has 23 heavy (non-hydrogen) atoms. The minimum absolute atomic E-state index is 0.108. The average molecular weight is 306 g/mol. The van der Waals surface area contributed by atoms with Gasteiger partial charge in [-0.25, -0.2) is 0 Å². The molecule has 4 nitrogen and oxygen atoms in total. The SMILES string of the molecule is CC(C)c1ccc(NC(=O)c2c[nH]c3ccccc3c2=O)cc1. The van der Waals surface area contributed by atoms with Crippen LogP contribution < -0.4 is 10.7 Å². The maximum atomic E-state index is 12.4. The molecule has 1 amide bonds. The normalized spacial score (nSPS) is 10.9. The Morgan fingerprint density at radius 1 is 1.04 bits per heavy atom.